The molecule has 1 N–H and O–H groups in total. The molecule has 154 valence electrons. The summed E-state index contributed by atoms with van der Waals surface area (Å²) in [5, 5.41) is 2.24. The molecule has 0 aromatic heterocycles. The Morgan fingerprint density at radius 3 is 2.43 bits per heavy atom. The monoisotopic (exact) mass is 423 g/mol. The zero-order valence-corrected chi connectivity index (χ0v) is 17.1. The first kappa shape index (κ1) is 20.2. The molecule has 2 aliphatic rings. The second kappa shape index (κ2) is 9.15. The van der Waals surface area contributed by atoms with Crippen molar-refractivity contribution in [1.29, 1.82) is 0 Å². The van der Waals surface area contributed by atoms with Crippen LogP contribution in [-0.2, 0) is 14.3 Å². The second-order valence-electron chi connectivity index (χ2n) is 6.87. The van der Waals surface area contributed by atoms with Crippen LogP contribution in [0.3, 0.4) is 0 Å². The summed E-state index contributed by atoms with van der Waals surface area (Å²) in [7, 11) is 0. The number of nitrogens with zero attached hydrogens (tertiary/aromatic N) is 2. The fourth-order valence-electron chi connectivity index (χ4n) is 3.26. The molecule has 0 unspecified atom stereocenters. The average Bonchev–Trinajstić information content (AvgIpc) is 3.03. The molecule has 0 saturated carbocycles. The predicted octanol–water partition coefficient (Wildman–Crippen LogP) is 3.20. The molecule has 2 fully saturated rings. The Hall–Kier alpha value is -3.10. The van der Waals surface area contributed by atoms with Crippen molar-refractivity contribution in [2.45, 2.75) is 0 Å². The van der Waals surface area contributed by atoms with E-state index in [1.165, 1.54) is 0 Å². The predicted molar refractivity (Wildman–Crippen MR) is 117 cm³/mol. The van der Waals surface area contributed by atoms with E-state index >= 15 is 0 Å². The molecule has 30 heavy (non-hydrogen) atoms. The SMILES string of the molecule is O=C(CN1C(=O)S/C(=C\c2ccc(N3CCOCC3)cc2)C1=O)Nc1ccccc1. The van der Waals surface area contributed by atoms with Crippen molar-refractivity contribution in [3.05, 3.63) is 65.1 Å². The van der Waals surface area contributed by atoms with E-state index in [2.05, 4.69) is 10.2 Å². The minimum atomic E-state index is -0.453. The van der Waals surface area contributed by atoms with Crippen LogP contribution in [-0.4, -0.2) is 54.8 Å². The van der Waals surface area contributed by atoms with E-state index in [0.717, 1.165) is 41.0 Å². The number of carbonyl (C=O) groups excluding carboxylic acids is 3. The molecule has 0 atom stereocenters. The Morgan fingerprint density at radius 1 is 1.03 bits per heavy atom. The Labute approximate surface area is 178 Å². The largest absolute Gasteiger partial charge is 0.378 e. The van der Waals surface area contributed by atoms with Crippen molar-refractivity contribution in [3.8, 4) is 0 Å². The third kappa shape index (κ3) is 4.72. The lowest BCUT2D eigenvalue weighted by atomic mass is 10.1. The number of thioether (sulfide) groups is 1. The van der Waals surface area contributed by atoms with Gasteiger partial charge in [-0.05, 0) is 47.7 Å². The highest BCUT2D eigenvalue weighted by Crippen LogP contribution is 2.32. The number of para-hydroxylation sites is 1. The van der Waals surface area contributed by atoms with Crippen LogP contribution in [0.25, 0.3) is 6.08 Å². The lowest BCUT2D eigenvalue weighted by molar-refractivity contribution is -0.127. The van der Waals surface area contributed by atoms with Crippen LogP contribution < -0.4 is 10.2 Å². The van der Waals surface area contributed by atoms with E-state index in [0.29, 0.717) is 23.8 Å². The number of ether oxygens (including phenoxy) is 1. The molecule has 0 radical (unpaired) electrons. The molecular formula is C22H21N3O4S. The highest BCUT2D eigenvalue weighted by Gasteiger charge is 2.36. The normalized spacial score (nSPS) is 18.2. The Kier molecular flexibility index (Phi) is 6.15. The van der Waals surface area contributed by atoms with Crippen LogP contribution in [0.2, 0.25) is 0 Å². The number of imide groups is 1. The number of nitrogens with one attached hydrogen (secondary N) is 1. The van der Waals surface area contributed by atoms with Gasteiger partial charge in [0.2, 0.25) is 5.91 Å². The molecule has 3 amide bonds. The maximum Gasteiger partial charge on any atom is 0.294 e. The summed E-state index contributed by atoms with van der Waals surface area (Å²) in [6.45, 7) is 2.82. The fraction of sp³-hybridized carbons (Fsp3) is 0.227. The van der Waals surface area contributed by atoms with Crippen LogP contribution in [0, 0.1) is 0 Å². The maximum absolute atomic E-state index is 12.6. The molecule has 2 heterocycles. The van der Waals surface area contributed by atoms with Gasteiger partial charge in [0.25, 0.3) is 11.1 Å². The van der Waals surface area contributed by atoms with Gasteiger partial charge in [-0.25, -0.2) is 0 Å². The zero-order valence-electron chi connectivity index (χ0n) is 16.2. The van der Waals surface area contributed by atoms with Gasteiger partial charge in [-0.3, -0.25) is 19.3 Å². The lowest BCUT2D eigenvalue weighted by Gasteiger charge is -2.28. The molecule has 2 aromatic carbocycles. The second-order valence-corrected chi connectivity index (χ2v) is 7.87. The van der Waals surface area contributed by atoms with Crippen molar-refractivity contribution in [2.75, 3.05) is 43.1 Å². The lowest BCUT2D eigenvalue weighted by Crippen LogP contribution is -2.36. The number of carbonyl (C=O) groups is 3. The minimum Gasteiger partial charge on any atom is -0.378 e. The minimum absolute atomic E-state index is 0.312. The summed E-state index contributed by atoms with van der Waals surface area (Å²) < 4.78 is 5.37. The van der Waals surface area contributed by atoms with Gasteiger partial charge < -0.3 is 15.0 Å². The molecule has 2 saturated heterocycles. The van der Waals surface area contributed by atoms with Gasteiger partial charge in [0, 0.05) is 24.5 Å². The highest BCUT2D eigenvalue weighted by atomic mass is 32.2. The number of morpholine rings is 1. The first-order valence-corrected chi connectivity index (χ1v) is 10.4. The van der Waals surface area contributed by atoms with E-state index in [-0.39, 0.29) is 6.54 Å². The maximum atomic E-state index is 12.6. The molecule has 2 aromatic rings. The summed E-state index contributed by atoms with van der Waals surface area (Å²) in [4.78, 5) is 40.6. The van der Waals surface area contributed by atoms with Crippen molar-refractivity contribution >= 4 is 46.3 Å². The van der Waals surface area contributed by atoms with Gasteiger partial charge in [0.05, 0.1) is 18.1 Å². The highest BCUT2D eigenvalue weighted by molar-refractivity contribution is 8.18. The van der Waals surface area contributed by atoms with Crippen molar-refractivity contribution in [3.63, 3.8) is 0 Å². The van der Waals surface area contributed by atoms with E-state index in [4.69, 9.17) is 4.74 Å². The van der Waals surface area contributed by atoms with Crippen molar-refractivity contribution in [2.24, 2.45) is 0 Å². The number of amides is 3. The average molecular weight is 423 g/mol. The van der Waals surface area contributed by atoms with E-state index in [1.807, 2.05) is 30.3 Å². The first-order valence-electron chi connectivity index (χ1n) is 9.63. The molecule has 8 heteroatoms. The summed E-state index contributed by atoms with van der Waals surface area (Å²) in [5.41, 5.74) is 2.54. The van der Waals surface area contributed by atoms with Gasteiger partial charge in [-0.15, -0.1) is 0 Å². The van der Waals surface area contributed by atoms with Gasteiger partial charge >= 0.3 is 0 Å². The molecule has 2 aliphatic heterocycles. The standard InChI is InChI=1S/C22H21N3O4S/c26-20(23-17-4-2-1-3-5-17)15-25-21(27)19(30-22(25)28)14-16-6-8-18(9-7-16)24-10-12-29-13-11-24/h1-9,14H,10-13,15H2,(H,23,26)/b19-14-. The van der Waals surface area contributed by atoms with Crippen LogP contribution in [0.15, 0.2) is 59.5 Å². The number of benzene rings is 2. The number of anilines is 2. The Morgan fingerprint density at radius 2 is 1.73 bits per heavy atom. The van der Waals surface area contributed by atoms with Crippen molar-refractivity contribution in [1.82, 2.24) is 4.90 Å². The van der Waals surface area contributed by atoms with E-state index in [1.54, 1.807) is 30.3 Å². The Bertz CT molecular complexity index is 970. The first-order chi connectivity index (χ1) is 14.6. The third-order valence-corrected chi connectivity index (χ3v) is 5.71. The molecule has 4 rings (SSSR count). The van der Waals surface area contributed by atoms with Crippen LogP contribution in [0.1, 0.15) is 5.56 Å². The van der Waals surface area contributed by atoms with Crippen LogP contribution in [0.4, 0.5) is 16.2 Å². The van der Waals surface area contributed by atoms with Gasteiger partial charge in [0.1, 0.15) is 6.54 Å². The molecule has 0 spiro atoms. The molecule has 0 aliphatic carbocycles. The summed E-state index contributed by atoms with van der Waals surface area (Å²) in [6.07, 6.45) is 1.68. The quantitative estimate of drug-likeness (QED) is 0.744. The molecule has 0 bridgehead atoms. The topological polar surface area (TPSA) is 79.0 Å². The van der Waals surface area contributed by atoms with Crippen LogP contribution in [0.5, 0.6) is 0 Å². The van der Waals surface area contributed by atoms with E-state index in [9.17, 15) is 14.4 Å². The fourth-order valence-corrected chi connectivity index (χ4v) is 4.09. The molecule has 7 nitrogen and oxygen atoms in total. The van der Waals surface area contributed by atoms with Crippen LogP contribution >= 0.6 is 11.8 Å². The smallest absolute Gasteiger partial charge is 0.294 e. The molecular weight excluding hydrogens is 402 g/mol. The van der Waals surface area contributed by atoms with Gasteiger partial charge in [-0.2, -0.15) is 0 Å². The van der Waals surface area contributed by atoms with E-state index < -0.39 is 17.1 Å². The summed E-state index contributed by atoms with van der Waals surface area (Å²) >= 11 is 0.849. The third-order valence-electron chi connectivity index (χ3n) is 4.80. The summed E-state index contributed by atoms with van der Waals surface area (Å²) in [6, 6.07) is 16.7. The van der Waals surface area contributed by atoms with Gasteiger partial charge in [-0.1, -0.05) is 30.3 Å². The summed E-state index contributed by atoms with van der Waals surface area (Å²) in [5.74, 6) is -0.870. The number of hydrogen-bond acceptors (Lipinski definition) is 6. The number of rotatable bonds is 5. The number of hydrogen-bond donors (Lipinski definition) is 1. The van der Waals surface area contributed by atoms with Crippen molar-refractivity contribution < 1.29 is 19.1 Å². The zero-order chi connectivity index (χ0) is 20.9. The van der Waals surface area contributed by atoms with Gasteiger partial charge in [0.15, 0.2) is 0 Å². The Balaban J connectivity index is 1.40.